The molecule has 1 aliphatic heterocycles. The Hall–Kier alpha value is -2.44. The number of halogens is 8. The number of anilines is 1. The Labute approximate surface area is 170 Å². The van der Waals surface area contributed by atoms with E-state index in [-0.39, 0.29) is 35.0 Å². The number of pyridine rings is 1. The highest BCUT2D eigenvalue weighted by molar-refractivity contribution is 5.62. The van der Waals surface area contributed by atoms with Gasteiger partial charge in [0.2, 0.25) is 0 Å². The molecule has 2 aliphatic rings. The van der Waals surface area contributed by atoms with Gasteiger partial charge >= 0.3 is 12.4 Å². The molecule has 0 spiro atoms. The molecule has 170 valence electrons. The van der Waals surface area contributed by atoms with Crippen LogP contribution in [0.25, 0.3) is 11.3 Å². The van der Waals surface area contributed by atoms with Crippen molar-refractivity contribution in [2.45, 2.75) is 31.2 Å². The summed E-state index contributed by atoms with van der Waals surface area (Å²) in [6.07, 6.45) is -10.9. The number of alkyl halides is 8. The highest BCUT2D eigenvalue weighted by atomic mass is 19.4. The summed E-state index contributed by atoms with van der Waals surface area (Å²) in [5, 5.41) is 0. The normalized spacial score (nSPS) is 24.1. The van der Waals surface area contributed by atoms with Gasteiger partial charge in [-0.2, -0.15) is 26.3 Å². The van der Waals surface area contributed by atoms with E-state index in [4.69, 9.17) is 5.73 Å². The first kappa shape index (κ1) is 21.8. The molecule has 31 heavy (non-hydrogen) atoms. The summed E-state index contributed by atoms with van der Waals surface area (Å²) in [5.74, 6) is -1.30. The quantitative estimate of drug-likeness (QED) is 0.693. The van der Waals surface area contributed by atoms with Crippen molar-refractivity contribution < 1.29 is 35.1 Å². The van der Waals surface area contributed by atoms with Crippen LogP contribution in [0.5, 0.6) is 0 Å². The number of fused-ring (bicyclic) bond motifs is 1. The molecule has 2 aromatic rings. The average Bonchev–Trinajstić information content (AvgIpc) is 2.95. The molecule has 0 aromatic carbocycles. The van der Waals surface area contributed by atoms with Crippen LogP contribution in [0.15, 0.2) is 18.5 Å². The Bertz CT molecular complexity index is 955. The first-order valence-electron chi connectivity index (χ1n) is 9.31. The van der Waals surface area contributed by atoms with E-state index in [0.717, 1.165) is 6.20 Å². The molecule has 2 fully saturated rings. The van der Waals surface area contributed by atoms with Crippen LogP contribution in [0.4, 0.5) is 40.9 Å². The molecule has 13 heteroatoms. The van der Waals surface area contributed by atoms with Crippen LogP contribution < -0.4 is 5.73 Å². The molecule has 1 saturated heterocycles. The molecule has 5 nitrogen and oxygen atoms in total. The zero-order valence-electron chi connectivity index (χ0n) is 15.8. The van der Waals surface area contributed by atoms with Crippen molar-refractivity contribution in [2.75, 3.05) is 25.4 Å². The van der Waals surface area contributed by atoms with E-state index in [0.29, 0.717) is 19.2 Å². The number of piperidine rings is 1. The van der Waals surface area contributed by atoms with Crippen LogP contribution in [0, 0.1) is 11.8 Å². The lowest BCUT2D eigenvalue weighted by Crippen LogP contribution is -2.30. The predicted molar refractivity (Wildman–Crippen MR) is 93.1 cm³/mol. The highest BCUT2D eigenvalue weighted by Crippen LogP contribution is 2.56. The monoisotopic (exact) mass is 455 g/mol. The van der Waals surface area contributed by atoms with Crippen LogP contribution in [0.2, 0.25) is 0 Å². The molecule has 0 radical (unpaired) electrons. The van der Waals surface area contributed by atoms with Gasteiger partial charge in [0.1, 0.15) is 18.1 Å². The SMILES string of the molecule is Nc1ncc(-c2cn(C3C4CN(CC(F)F)CC43)c(CC(F)(F)F)n2)cc1C(F)(F)F. The van der Waals surface area contributed by atoms with Gasteiger partial charge in [-0.25, -0.2) is 18.7 Å². The lowest BCUT2D eigenvalue weighted by molar-refractivity contribution is -0.137. The Morgan fingerprint density at radius 3 is 2.29 bits per heavy atom. The van der Waals surface area contributed by atoms with Gasteiger partial charge in [-0.15, -0.1) is 0 Å². The third-order valence-electron chi connectivity index (χ3n) is 5.63. The smallest absolute Gasteiger partial charge is 0.383 e. The number of aromatic nitrogens is 3. The minimum absolute atomic E-state index is 0.0911. The lowest BCUT2D eigenvalue weighted by Gasteiger charge is -2.20. The molecule has 2 unspecified atom stereocenters. The van der Waals surface area contributed by atoms with Crippen LogP contribution in [0.1, 0.15) is 17.4 Å². The number of hydrogen-bond acceptors (Lipinski definition) is 4. The Morgan fingerprint density at radius 1 is 1.10 bits per heavy atom. The largest absolute Gasteiger partial charge is 0.419 e. The van der Waals surface area contributed by atoms with E-state index in [1.54, 1.807) is 4.90 Å². The number of nitrogens with zero attached hydrogens (tertiary/aromatic N) is 4. The number of imidazole rings is 1. The molecule has 2 aromatic heterocycles. The number of hydrogen-bond donors (Lipinski definition) is 1. The second kappa shape index (κ2) is 7.31. The minimum atomic E-state index is -4.79. The molecular weight excluding hydrogens is 438 g/mol. The molecule has 0 amide bonds. The van der Waals surface area contributed by atoms with E-state index in [1.165, 1.54) is 10.8 Å². The fourth-order valence-corrected chi connectivity index (χ4v) is 4.32. The van der Waals surface area contributed by atoms with E-state index >= 15 is 0 Å². The van der Waals surface area contributed by atoms with Gasteiger partial charge in [-0.05, 0) is 17.9 Å². The van der Waals surface area contributed by atoms with Gasteiger partial charge in [0, 0.05) is 37.1 Å². The maximum Gasteiger partial charge on any atom is 0.419 e. The van der Waals surface area contributed by atoms with Crippen LogP contribution in [-0.2, 0) is 12.6 Å². The van der Waals surface area contributed by atoms with Gasteiger partial charge in [0.05, 0.1) is 17.8 Å². The summed E-state index contributed by atoms with van der Waals surface area (Å²) in [7, 11) is 0. The predicted octanol–water partition coefficient (Wildman–Crippen LogP) is 4.02. The van der Waals surface area contributed by atoms with Crippen molar-refractivity contribution >= 4 is 5.82 Å². The number of nitrogen functional groups attached to an aromatic ring is 1. The van der Waals surface area contributed by atoms with Crippen LogP contribution in [-0.4, -0.2) is 51.7 Å². The molecule has 2 atom stereocenters. The maximum absolute atomic E-state index is 13.1. The standard InChI is InChI=1S/C18H17F8N5/c19-13(20)7-30-4-9-10(5-30)15(9)31-6-12(29-14(31)2-17(21,22)23)8-1-11(18(24,25)26)16(27)28-3-8/h1,3,6,9-10,13,15H,2,4-5,7H2,(H2,27,28). The summed E-state index contributed by atoms with van der Waals surface area (Å²) < 4.78 is 105. The van der Waals surface area contributed by atoms with Crippen molar-refractivity contribution in [1.82, 2.24) is 19.4 Å². The zero-order valence-corrected chi connectivity index (χ0v) is 15.8. The number of rotatable bonds is 5. The molecule has 0 bridgehead atoms. The van der Waals surface area contributed by atoms with E-state index in [9.17, 15) is 35.1 Å². The highest BCUT2D eigenvalue weighted by Gasteiger charge is 2.57. The second-order valence-corrected chi connectivity index (χ2v) is 7.82. The first-order chi connectivity index (χ1) is 14.3. The zero-order chi connectivity index (χ0) is 22.7. The lowest BCUT2D eigenvalue weighted by atomic mass is 10.1. The van der Waals surface area contributed by atoms with Gasteiger partial charge in [0.25, 0.3) is 6.43 Å². The van der Waals surface area contributed by atoms with Crippen molar-refractivity contribution in [3.63, 3.8) is 0 Å². The maximum atomic E-state index is 13.1. The van der Waals surface area contributed by atoms with E-state index in [1.807, 2.05) is 0 Å². The summed E-state index contributed by atoms with van der Waals surface area (Å²) in [6.45, 7) is 0.238. The van der Waals surface area contributed by atoms with Gasteiger partial charge in [-0.1, -0.05) is 0 Å². The fourth-order valence-electron chi connectivity index (χ4n) is 4.32. The van der Waals surface area contributed by atoms with Crippen molar-refractivity contribution in [3.8, 4) is 11.3 Å². The summed E-state index contributed by atoms with van der Waals surface area (Å²) >= 11 is 0. The second-order valence-electron chi connectivity index (χ2n) is 7.82. The Morgan fingerprint density at radius 2 is 1.74 bits per heavy atom. The minimum Gasteiger partial charge on any atom is -0.383 e. The van der Waals surface area contributed by atoms with Crippen molar-refractivity contribution in [1.29, 1.82) is 0 Å². The van der Waals surface area contributed by atoms with Gasteiger partial charge in [-0.3, -0.25) is 4.90 Å². The van der Waals surface area contributed by atoms with E-state index in [2.05, 4.69) is 9.97 Å². The Kier molecular flexibility index (Phi) is 5.14. The first-order valence-corrected chi connectivity index (χ1v) is 9.31. The summed E-state index contributed by atoms with van der Waals surface area (Å²) in [5.41, 5.74) is 3.86. The fraction of sp³-hybridized carbons (Fsp3) is 0.556. The third-order valence-corrected chi connectivity index (χ3v) is 5.63. The third kappa shape index (κ3) is 4.46. The topological polar surface area (TPSA) is 60.0 Å². The van der Waals surface area contributed by atoms with Gasteiger partial charge < -0.3 is 10.3 Å². The van der Waals surface area contributed by atoms with Gasteiger partial charge in [0.15, 0.2) is 0 Å². The number of likely N-dealkylation sites (tertiary alicyclic amines) is 1. The van der Waals surface area contributed by atoms with Crippen LogP contribution >= 0.6 is 0 Å². The van der Waals surface area contributed by atoms with Crippen molar-refractivity contribution in [2.24, 2.45) is 11.8 Å². The molecule has 1 aliphatic carbocycles. The average molecular weight is 455 g/mol. The number of nitrogens with two attached hydrogens (primary N) is 1. The molecule has 1 saturated carbocycles. The van der Waals surface area contributed by atoms with Crippen LogP contribution in [0.3, 0.4) is 0 Å². The van der Waals surface area contributed by atoms with E-state index < -0.39 is 43.1 Å². The molecule has 2 N–H and O–H groups in total. The summed E-state index contributed by atoms with van der Waals surface area (Å²) in [4.78, 5) is 8.99. The molecular formula is C18H17F8N5. The van der Waals surface area contributed by atoms with Crippen molar-refractivity contribution in [3.05, 3.63) is 29.8 Å². The molecule has 3 heterocycles. The molecule has 4 rings (SSSR count). The Balaban J connectivity index is 1.64. The summed E-state index contributed by atoms with van der Waals surface area (Å²) in [6, 6.07) is 0.334.